The number of nitrogens with one attached hydrogen (secondary N) is 2. The molecule has 0 bridgehead atoms. The molecule has 4 rings (SSSR count). The molecule has 2 aromatic heterocycles. The molecule has 2 N–H and O–H groups in total. The summed E-state index contributed by atoms with van der Waals surface area (Å²) >= 11 is 0. The van der Waals surface area contributed by atoms with Gasteiger partial charge in [0, 0.05) is 17.1 Å². The maximum atomic E-state index is 11.0. The molecule has 0 radical (unpaired) electrons. The Bertz CT molecular complexity index is 1010. The zero-order valence-corrected chi connectivity index (χ0v) is 11.0. The van der Waals surface area contributed by atoms with E-state index >= 15 is 0 Å². The Balaban J connectivity index is 1.79. The van der Waals surface area contributed by atoms with E-state index < -0.39 is 4.92 Å². The van der Waals surface area contributed by atoms with Crippen molar-refractivity contribution in [3.8, 4) is 0 Å². The number of benzene rings is 2. The van der Waals surface area contributed by atoms with E-state index in [0.717, 1.165) is 16.6 Å². The third-order valence-electron chi connectivity index (χ3n) is 3.31. The highest BCUT2D eigenvalue weighted by atomic mass is 16.6. The highest BCUT2D eigenvalue weighted by Gasteiger charge is 2.19. The van der Waals surface area contributed by atoms with E-state index in [1.165, 1.54) is 6.07 Å². The van der Waals surface area contributed by atoms with E-state index in [9.17, 15) is 10.1 Å². The Hall–Kier alpha value is -3.49. The van der Waals surface area contributed by atoms with Crippen molar-refractivity contribution in [1.29, 1.82) is 0 Å². The van der Waals surface area contributed by atoms with E-state index in [-0.39, 0.29) is 11.2 Å². The molecule has 0 saturated carbocycles. The number of fused-ring (bicyclic) bond motifs is 2. The molecular weight excluding hydrogens is 288 g/mol. The molecule has 2 aromatic carbocycles. The summed E-state index contributed by atoms with van der Waals surface area (Å²) in [5, 5.41) is 29.3. The Morgan fingerprint density at radius 2 is 2.05 bits per heavy atom. The van der Waals surface area contributed by atoms with Gasteiger partial charge in [-0.1, -0.05) is 0 Å². The summed E-state index contributed by atoms with van der Waals surface area (Å²) < 4.78 is 4.63. The lowest BCUT2D eigenvalue weighted by atomic mass is 10.2. The van der Waals surface area contributed by atoms with Crippen molar-refractivity contribution in [1.82, 2.24) is 20.5 Å². The number of aromatic amines is 1. The molecule has 0 aliphatic carbocycles. The second-order valence-electron chi connectivity index (χ2n) is 4.65. The van der Waals surface area contributed by atoms with Gasteiger partial charge in [0.2, 0.25) is 5.52 Å². The maximum Gasteiger partial charge on any atom is 0.300 e. The number of nitrogens with zero attached hydrogens (tertiary/aromatic N) is 4. The molecule has 9 heteroatoms. The summed E-state index contributed by atoms with van der Waals surface area (Å²) in [7, 11) is 0. The molecule has 9 nitrogen and oxygen atoms in total. The van der Waals surface area contributed by atoms with Crippen LogP contribution < -0.4 is 5.32 Å². The van der Waals surface area contributed by atoms with Crippen LogP contribution in [-0.4, -0.2) is 25.4 Å². The lowest BCUT2D eigenvalue weighted by molar-refractivity contribution is -0.383. The van der Waals surface area contributed by atoms with Gasteiger partial charge in [0.05, 0.1) is 22.3 Å². The molecule has 0 saturated heterocycles. The number of aromatic nitrogens is 4. The van der Waals surface area contributed by atoms with E-state index in [2.05, 4.69) is 30.5 Å². The van der Waals surface area contributed by atoms with Crippen LogP contribution in [0.15, 0.2) is 41.2 Å². The third kappa shape index (κ3) is 1.84. The molecule has 0 atom stereocenters. The fourth-order valence-corrected chi connectivity index (χ4v) is 2.27. The Labute approximate surface area is 122 Å². The smallest absolute Gasteiger partial charge is 0.300 e. The average molecular weight is 296 g/mol. The minimum absolute atomic E-state index is 0.109. The first-order valence-electron chi connectivity index (χ1n) is 6.32. The number of nitro groups is 1. The Morgan fingerprint density at radius 3 is 2.91 bits per heavy atom. The quantitative estimate of drug-likeness (QED) is 0.440. The number of nitro benzene ring substituents is 1. The normalized spacial score (nSPS) is 11.1. The lowest BCUT2D eigenvalue weighted by Gasteiger charge is -2.06. The first-order chi connectivity index (χ1) is 10.7. The van der Waals surface area contributed by atoms with E-state index in [1.807, 2.05) is 18.2 Å². The van der Waals surface area contributed by atoms with Gasteiger partial charge in [0.15, 0.2) is 5.52 Å². The van der Waals surface area contributed by atoms with Gasteiger partial charge < -0.3 is 5.32 Å². The maximum absolute atomic E-state index is 11.0. The van der Waals surface area contributed by atoms with Crippen LogP contribution in [0.3, 0.4) is 0 Å². The van der Waals surface area contributed by atoms with Crippen molar-refractivity contribution >= 4 is 39.0 Å². The second-order valence-corrected chi connectivity index (χ2v) is 4.65. The molecule has 0 aliphatic rings. The molecule has 108 valence electrons. The molecule has 0 fully saturated rings. The van der Waals surface area contributed by atoms with E-state index in [4.69, 9.17) is 0 Å². The zero-order chi connectivity index (χ0) is 15.1. The number of H-pyrrole nitrogens is 1. The van der Waals surface area contributed by atoms with Gasteiger partial charge in [0.25, 0.3) is 0 Å². The third-order valence-corrected chi connectivity index (χ3v) is 3.31. The van der Waals surface area contributed by atoms with Crippen LogP contribution in [0.5, 0.6) is 0 Å². The van der Waals surface area contributed by atoms with Gasteiger partial charge in [-0.2, -0.15) is 5.10 Å². The fourth-order valence-electron chi connectivity index (χ4n) is 2.27. The number of anilines is 2. The van der Waals surface area contributed by atoms with Crippen LogP contribution in [0.1, 0.15) is 0 Å². The van der Waals surface area contributed by atoms with Crippen molar-refractivity contribution in [3.05, 3.63) is 46.6 Å². The largest absolute Gasteiger partial charge is 0.354 e. The van der Waals surface area contributed by atoms with E-state index in [1.54, 1.807) is 12.3 Å². The molecule has 2 heterocycles. The number of non-ortho nitro benzene ring substituents is 1. The van der Waals surface area contributed by atoms with Crippen LogP contribution in [0.2, 0.25) is 0 Å². The highest BCUT2D eigenvalue weighted by molar-refractivity contribution is 5.95. The summed E-state index contributed by atoms with van der Waals surface area (Å²) in [5.41, 5.74) is 2.50. The minimum atomic E-state index is -0.521. The molecular formula is C13H8N6O3. The van der Waals surface area contributed by atoms with Crippen molar-refractivity contribution in [2.45, 2.75) is 0 Å². The number of hydrogen-bond acceptors (Lipinski definition) is 7. The van der Waals surface area contributed by atoms with Gasteiger partial charge in [-0.05, 0) is 34.6 Å². The number of hydrogen-bond donors (Lipinski definition) is 2. The summed E-state index contributed by atoms with van der Waals surface area (Å²) in [6.07, 6.45) is 1.73. The summed E-state index contributed by atoms with van der Waals surface area (Å²) in [5.74, 6) is 0. The highest BCUT2D eigenvalue weighted by Crippen LogP contribution is 2.31. The predicted molar refractivity (Wildman–Crippen MR) is 77.8 cm³/mol. The Morgan fingerprint density at radius 1 is 1.18 bits per heavy atom. The molecule has 0 amide bonds. The second kappa shape index (κ2) is 4.52. The van der Waals surface area contributed by atoms with Gasteiger partial charge in [-0.25, -0.2) is 4.63 Å². The minimum Gasteiger partial charge on any atom is -0.354 e. The topological polar surface area (TPSA) is 123 Å². The van der Waals surface area contributed by atoms with Crippen LogP contribution in [0.25, 0.3) is 21.9 Å². The SMILES string of the molecule is O=[N+]([O-])c1ccc(Nc2ccc3cn[nH]c3c2)c2nonc12. The summed E-state index contributed by atoms with van der Waals surface area (Å²) in [4.78, 5) is 10.4. The average Bonchev–Trinajstić information content (AvgIpc) is 3.15. The van der Waals surface area contributed by atoms with Crippen LogP contribution >= 0.6 is 0 Å². The van der Waals surface area contributed by atoms with Crippen LogP contribution in [0, 0.1) is 10.1 Å². The Kier molecular flexibility index (Phi) is 2.52. The summed E-state index contributed by atoms with van der Waals surface area (Å²) in [6, 6.07) is 8.60. The molecule has 0 aliphatic heterocycles. The molecule has 0 spiro atoms. The predicted octanol–water partition coefficient (Wildman–Crippen LogP) is 2.75. The van der Waals surface area contributed by atoms with E-state index in [0.29, 0.717) is 11.2 Å². The first-order valence-corrected chi connectivity index (χ1v) is 6.32. The van der Waals surface area contributed by atoms with Crippen LogP contribution in [0.4, 0.5) is 17.1 Å². The van der Waals surface area contributed by atoms with Gasteiger partial charge in [-0.3, -0.25) is 15.2 Å². The standard InChI is InChI=1S/C13H8N6O3/c20-19(21)11-4-3-9(12-13(11)18-22-17-12)15-8-2-1-7-6-14-16-10(7)5-8/h1-6,15H,(H,14,16). The number of rotatable bonds is 3. The molecule has 0 unspecified atom stereocenters. The van der Waals surface area contributed by atoms with Gasteiger partial charge in [-0.15, -0.1) is 0 Å². The monoisotopic (exact) mass is 296 g/mol. The van der Waals surface area contributed by atoms with Crippen molar-refractivity contribution in [2.75, 3.05) is 5.32 Å². The molecule has 4 aromatic rings. The first kappa shape index (κ1) is 12.3. The van der Waals surface area contributed by atoms with Gasteiger partial charge in [0.1, 0.15) is 0 Å². The van der Waals surface area contributed by atoms with Crippen molar-refractivity contribution in [3.63, 3.8) is 0 Å². The zero-order valence-electron chi connectivity index (χ0n) is 11.0. The summed E-state index contributed by atoms with van der Waals surface area (Å²) in [6.45, 7) is 0. The van der Waals surface area contributed by atoms with Gasteiger partial charge >= 0.3 is 5.69 Å². The lowest BCUT2D eigenvalue weighted by Crippen LogP contribution is -1.94. The fraction of sp³-hybridized carbons (Fsp3) is 0. The van der Waals surface area contributed by atoms with Crippen LogP contribution in [-0.2, 0) is 0 Å². The van der Waals surface area contributed by atoms with Crippen molar-refractivity contribution < 1.29 is 9.55 Å². The molecule has 22 heavy (non-hydrogen) atoms. The van der Waals surface area contributed by atoms with Crippen molar-refractivity contribution in [2.24, 2.45) is 0 Å².